The van der Waals surface area contributed by atoms with Crippen LogP contribution >= 0.6 is 23.2 Å². The van der Waals surface area contributed by atoms with E-state index in [0.29, 0.717) is 21.4 Å². The Bertz CT molecular complexity index is 849. The first-order valence-corrected chi connectivity index (χ1v) is 7.20. The molecule has 1 unspecified atom stereocenters. The predicted molar refractivity (Wildman–Crippen MR) is 86.2 cm³/mol. The first-order chi connectivity index (χ1) is 11.0. The largest absolute Gasteiger partial charge is 0.478 e. The summed E-state index contributed by atoms with van der Waals surface area (Å²) in [5.41, 5.74) is 0.985. The van der Waals surface area contributed by atoms with Crippen molar-refractivity contribution in [3.8, 4) is 11.8 Å². The van der Waals surface area contributed by atoms with Crippen LogP contribution in [-0.4, -0.2) is 17.4 Å². The fourth-order valence-electron chi connectivity index (χ4n) is 2.20. The van der Waals surface area contributed by atoms with Crippen molar-refractivity contribution in [3.63, 3.8) is 0 Å². The molecule has 0 saturated carbocycles. The van der Waals surface area contributed by atoms with Gasteiger partial charge in [0.15, 0.2) is 0 Å². The number of benzene rings is 2. The predicted octanol–water partition coefficient (Wildman–Crippen LogP) is 3.76. The number of rotatable bonds is 3. The lowest BCUT2D eigenvalue weighted by molar-refractivity contribution is 0.0698. The van der Waals surface area contributed by atoms with Crippen molar-refractivity contribution in [1.82, 2.24) is 0 Å². The number of hydrogen-bond donors (Lipinski definition) is 3. The molecule has 0 amide bonds. The number of fused-ring (bicyclic) bond motifs is 1. The molecule has 0 saturated heterocycles. The summed E-state index contributed by atoms with van der Waals surface area (Å²) in [4.78, 5) is 11.3. The Hall–Kier alpha value is -2.62. The molecule has 0 spiro atoms. The van der Waals surface area contributed by atoms with Crippen LogP contribution in [0.25, 0.3) is 0 Å². The summed E-state index contributed by atoms with van der Waals surface area (Å²) in [5.74, 6) is -0.881. The number of carboxylic acids is 1. The van der Waals surface area contributed by atoms with Gasteiger partial charge in [-0.25, -0.2) is 4.79 Å². The van der Waals surface area contributed by atoms with Crippen LogP contribution in [0.1, 0.15) is 15.9 Å². The average molecular weight is 350 g/mol. The topological polar surface area (TPSA) is 94.4 Å². The van der Waals surface area contributed by atoms with E-state index in [4.69, 9.17) is 33.2 Å². The molecule has 2 aromatic rings. The number of ether oxygens (including phenoxy) is 1. The first-order valence-electron chi connectivity index (χ1n) is 6.45. The maximum Gasteiger partial charge on any atom is 0.337 e. The Kier molecular flexibility index (Phi) is 3.90. The molecule has 6 nitrogen and oxygen atoms in total. The minimum absolute atomic E-state index is 0.0412. The molecule has 8 heteroatoms. The van der Waals surface area contributed by atoms with Gasteiger partial charge in [0.2, 0.25) is 6.35 Å². The Morgan fingerprint density at radius 2 is 2.17 bits per heavy atom. The van der Waals surface area contributed by atoms with Crippen LogP contribution in [0, 0.1) is 11.3 Å². The van der Waals surface area contributed by atoms with Crippen LogP contribution in [0.15, 0.2) is 30.3 Å². The van der Waals surface area contributed by atoms with Gasteiger partial charge in [-0.1, -0.05) is 29.3 Å². The van der Waals surface area contributed by atoms with Crippen LogP contribution in [0.3, 0.4) is 0 Å². The van der Waals surface area contributed by atoms with Gasteiger partial charge < -0.3 is 20.5 Å². The number of anilines is 2. The van der Waals surface area contributed by atoms with Gasteiger partial charge in [0, 0.05) is 6.07 Å². The van der Waals surface area contributed by atoms with Crippen molar-refractivity contribution < 1.29 is 14.6 Å². The molecule has 3 rings (SSSR count). The summed E-state index contributed by atoms with van der Waals surface area (Å²) in [6, 6.07) is 9.73. The fourth-order valence-corrected chi connectivity index (χ4v) is 2.56. The van der Waals surface area contributed by atoms with Gasteiger partial charge in [-0.3, -0.25) is 0 Å². The summed E-state index contributed by atoms with van der Waals surface area (Å²) in [6.45, 7) is 0. The number of carbonyl (C=O) groups is 1. The lowest BCUT2D eigenvalue weighted by Crippen LogP contribution is -2.30. The normalized spacial score (nSPS) is 15.1. The third-order valence-electron chi connectivity index (χ3n) is 3.22. The van der Waals surface area contributed by atoms with E-state index in [0.717, 1.165) is 0 Å². The minimum Gasteiger partial charge on any atom is -0.478 e. The molecule has 1 aliphatic heterocycles. The second-order valence-corrected chi connectivity index (χ2v) is 5.49. The van der Waals surface area contributed by atoms with Gasteiger partial charge in [0.25, 0.3) is 0 Å². The van der Waals surface area contributed by atoms with E-state index < -0.39 is 12.3 Å². The highest BCUT2D eigenvalue weighted by Gasteiger charge is 2.28. The van der Waals surface area contributed by atoms with E-state index in [2.05, 4.69) is 10.6 Å². The second-order valence-electron chi connectivity index (χ2n) is 4.70. The van der Waals surface area contributed by atoms with Gasteiger partial charge in [0.05, 0.1) is 38.6 Å². The maximum absolute atomic E-state index is 11.3. The molecule has 2 aromatic carbocycles. The van der Waals surface area contributed by atoms with Gasteiger partial charge >= 0.3 is 5.97 Å². The smallest absolute Gasteiger partial charge is 0.337 e. The zero-order chi connectivity index (χ0) is 16.6. The third kappa shape index (κ3) is 2.84. The number of aromatic carboxylic acids is 1. The van der Waals surface area contributed by atoms with Crippen molar-refractivity contribution >= 4 is 40.5 Å². The molecule has 1 aliphatic rings. The molecule has 116 valence electrons. The third-order valence-corrected chi connectivity index (χ3v) is 4.04. The summed E-state index contributed by atoms with van der Waals surface area (Å²) in [5, 5.41) is 24.8. The van der Waals surface area contributed by atoms with E-state index >= 15 is 0 Å². The molecule has 0 fully saturated rings. The SMILES string of the molecule is N#Cc1cc2c(c(C(=O)O)c1)NC(Nc1cccc(Cl)c1Cl)O2. The summed E-state index contributed by atoms with van der Waals surface area (Å²) in [6.07, 6.45) is -0.743. The highest BCUT2D eigenvalue weighted by atomic mass is 35.5. The van der Waals surface area contributed by atoms with Crippen molar-refractivity contribution in [2.24, 2.45) is 0 Å². The fraction of sp³-hybridized carbons (Fsp3) is 0.0667. The molecule has 0 bridgehead atoms. The van der Waals surface area contributed by atoms with E-state index in [1.165, 1.54) is 12.1 Å². The van der Waals surface area contributed by atoms with E-state index in [1.54, 1.807) is 18.2 Å². The van der Waals surface area contributed by atoms with E-state index in [1.807, 2.05) is 6.07 Å². The minimum atomic E-state index is -1.16. The maximum atomic E-state index is 11.3. The standard InChI is InChI=1S/C15H9Cl2N3O3/c16-9-2-1-3-10(12(9)17)19-15-20-13-8(14(21)22)4-7(6-18)5-11(13)23-15/h1-5,15,19-20H,(H,21,22). The number of halogens is 2. The van der Waals surface area contributed by atoms with Crippen molar-refractivity contribution in [1.29, 1.82) is 5.26 Å². The van der Waals surface area contributed by atoms with Crippen LogP contribution in [-0.2, 0) is 0 Å². The highest BCUT2D eigenvalue weighted by Crippen LogP contribution is 2.38. The Morgan fingerprint density at radius 3 is 2.87 bits per heavy atom. The molecule has 0 aromatic heterocycles. The number of nitrogens with one attached hydrogen (secondary N) is 2. The van der Waals surface area contributed by atoms with Gasteiger partial charge in [-0.2, -0.15) is 5.26 Å². The lowest BCUT2D eigenvalue weighted by atomic mass is 10.1. The zero-order valence-corrected chi connectivity index (χ0v) is 12.9. The lowest BCUT2D eigenvalue weighted by Gasteiger charge is -2.16. The summed E-state index contributed by atoms with van der Waals surface area (Å²) >= 11 is 12.0. The van der Waals surface area contributed by atoms with Crippen molar-refractivity contribution in [3.05, 3.63) is 51.5 Å². The Balaban J connectivity index is 1.90. The Morgan fingerprint density at radius 1 is 1.39 bits per heavy atom. The number of carboxylic acid groups (broad SMARTS) is 1. The number of nitriles is 1. The van der Waals surface area contributed by atoms with Crippen LogP contribution in [0.4, 0.5) is 11.4 Å². The zero-order valence-electron chi connectivity index (χ0n) is 11.4. The highest BCUT2D eigenvalue weighted by molar-refractivity contribution is 6.43. The van der Waals surface area contributed by atoms with Crippen LogP contribution < -0.4 is 15.4 Å². The molecular formula is C15H9Cl2N3O3. The Labute approximate surface area is 141 Å². The summed E-state index contributed by atoms with van der Waals surface area (Å²) in [7, 11) is 0. The molecular weight excluding hydrogens is 341 g/mol. The molecule has 1 heterocycles. The van der Waals surface area contributed by atoms with E-state index in [9.17, 15) is 9.90 Å². The first kappa shape index (κ1) is 15.3. The van der Waals surface area contributed by atoms with E-state index in [-0.39, 0.29) is 16.9 Å². The van der Waals surface area contributed by atoms with Gasteiger partial charge in [-0.15, -0.1) is 0 Å². The molecule has 3 N–H and O–H groups in total. The summed E-state index contributed by atoms with van der Waals surface area (Å²) < 4.78 is 5.60. The molecule has 1 atom stereocenters. The van der Waals surface area contributed by atoms with Gasteiger partial charge in [-0.05, 0) is 18.2 Å². The second kappa shape index (κ2) is 5.88. The van der Waals surface area contributed by atoms with Crippen LogP contribution in [0.5, 0.6) is 5.75 Å². The van der Waals surface area contributed by atoms with Crippen molar-refractivity contribution in [2.75, 3.05) is 10.6 Å². The van der Waals surface area contributed by atoms with Gasteiger partial charge in [0.1, 0.15) is 5.75 Å². The molecule has 0 aliphatic carbocycles. The quantitative estimate of drug-likeness (QED) is 0.780. The average Bonchev–Trinajstić information content (AvgIpc) is 2.92. The number of hydrogen-bond acceptors (Lipinski definition) is 5. The monoisotopic (exact) mass is 349 g/mol. The van der Waals surface area contributed by atoms with Crippen molar-refractivity contribution in [2.45, 2.75) is 6.35 Å². The molecule has 0 radical (unpaired) electrons. The number of nitrogens with zero attached hydrogens (tertiary/aromatic N) is 1. The molecule has 23 heavy (non-hydrogen) atoms. The van der Waals surface area contributed by atoms with Crippen LogP contribution in [0.2, 0.25) is 10.0 Å².